The Balaban J connectivity index is 2.28. The minimum Gasteiger partial charge on any atom is -0.399 e. The molecule has 0 fully saturated rings. The molecule has 3 heteroatoms. The fourth-order valence-electron chi connectivity index (χ4n) is 2.02. The molecule has 2 aromatic rings. The van der Waals surface area contributed by atoms with Gasteiger partial charge in [-0.2, -0.15) is 0 Å². The normalized spacial score (nSPS) is 10.3. The van der Waals surface area contributed by atoms with E-state index in [4.69, 9.17) is 5.73 Å². The average molecular weight is 254 g/mol. The number of nitrogens with one attached hydrogen (secondary N) is 1. The van der Waals surface area contributed by atoms with Crippen LogP contribution in [0.3, 0.4) is 0 Å². The van der Waals surface area contributed by atoms with Gasteiger partial charge in [-0.15, -0.1) is 0 Å². The van der Waals surface area contributed by atoms with Gasteiger partial charge >= 0.3 is 0 Å². The summed E-state index contributed by atoms with van der Waals surface area (Å²) in [7, 11) is 0. The smallest absolute Gasteiger partial charge is 0.255 e. The minimum atomic E-state index is -0.105. The molecule has 0 unspecified atom stereocenters. The lowest BCUT2D eigenvalue weighted by atomic mass is 10.1. The first-order chi connectivity index (χ1) is 8.99. The fraction of sp³-hybridized carbons (Fsp3) is 0.188. The minimum absolute atomic E-state index is 0.105. The molecule has 0 saturated carbocycles. The van der Waals surface area contributed by atoms with Gasteiger partial charge in [-0.25, -0.2) is 0 Å². The van der Waals surface area contributed by atoms with Crippen molar-refractivity contribution in [3.63, 3.8) is 0 Å². The number of nitrogens with two attached hydrogens (primary N) is 1. The number of nitrogen functional groups attached to an aromatic ring is 1. The van der Waals surface area contributed by atoms with E-state index in [1.807, 2.05) is 39.0 Å². The van der Waals surface area contributed by atoms with Crippen LogP contribution in [-0.4, -0.2) is 5.91 Å². The summed E-state index contributed by atoms with van der Waals surface area (Å²) in [4.78, 5) is 12.3. The van der Waals surface area contributed by atoms with Crippen molar-refractivity contribution >= 4 is 17.3 Å². The first-order valence-electron chi connectivity index (χ1n) is 6.22. The molecular weight excluding hydrogens is 236 g/mol. The van der Waals surface area contributed by atoms with Crippen LogP contribution in [0.5, 0.6) is 0 Å². The number of carbonyl (C=O) groups is 1. The maximum absolute atomic E-state index is 12.3. The molecule has 0 aliphatic rings. The van der Waals surface area contributed by atoms with Crippen LogP contribution in [0, 0.1) is 20.8 Å². The fourth-order valence-corrected chi connectivity index (χ4v) is 2.02. The molecule has 0 aliphatic heterocycles. The Morgan fingerprint density at radius 1 is 1.05 bits per heavy atom. The average Bonchev–Trinajstić information content (AvgIpc) is 2.34. The molecule has 3 nitrogen and oxygen atoms in total. The van der Waals surface area contributed by atoms with Crippen LogP contribution in [0.1, 0.15) is 27.0 Å². The topological polar surface area (TPSA) is 55.1 Å². The molecule has 2 rings (SSSR count). The predicted octanol–water partition coefficient (Wildman–Crippen LogP) is 3.45. The summed E-state index contributed by atoms with van der Waals surface area (Å²) in [6, 6.07) is 11.2. The molecule has 0 spiro atoms. The van der Waals surface area contributed by atoms with Gasteiger partial charge in [0.2, 0.25) is 0 Å². The molecule has 0 aliphatic carbocycles. The summed E-state index contributed by atoms with van der Waals surface area (Å²) in [6.07, 6.45) is 0. The van der Waals surface area contributed by atoms with Crippen molar-refractivity contribution in [2.75, 3.05) is 11.1 Å². The van der Waals surface area contributed by atoms with E-state index < -0.39 is 0 Å². The number of aryl methyl sites for hydroxylation is 2. The predicted molar refractivity (Wildman–Crippen MR) is 79.5 cm³/mol. The van der Waals surface area contributed by atoms with E-state index in [1.165, 1.54) is 0 Å². The van der Waals surface area contributed by atoms with Crippen LogP contribution in [-0.2, 0) is 0 Å². The van der Waals surface area contributed by atoms with Gasteiger partial charge in [0.25, 0.3) is 5.91 Å². The molecule has 3 N–H and O–H groups in total. The van der Waals surface area contributed by atoms with Crippen LogP contribution in [0.2, 0.25) is 0 Å². The van der Waals surface area contributed by atoms with Crippen LogP contribution < -0.4 is 11.1 Å². The SMILES string of the molecule is Cc1cc(N)ccc1C(=O)Nc1cccc(C)c1C. The Labute approximate surface area is 113 Å². The molecule has 0 heterocycles. The summed E-state index contributed by atoms with van der Waals surface area (Å²) in [5.74, 6) is -0.105. The number of hydrogen-bond acceptors (Lipinski definition) is 2. The lowest BCUT2D eigenvalue weighted by Gasteiger charge is -2.12. The molecule has 0 aromatic heterocycles. The van der Waals surface area contributed by atoms with Gasteiger partial charge in [0.15, 0.2) is 0 Å². The van der Waals surface area contributed by atoms with Crippen LogP contribution in [0.4, 0.5) is 11.4 Å². The van der Waals surface area contributed by atoms with E-state index in [-0.39, 0.29) is 5.91 Å². The number of amides is 1. The van der Waals surface area contributed by atoms with Crippen molar-refractivity contribution in [2.45, 2.75) is 20.8 Å². The van der Waals surface area contributed by atoms with Crippen LogP contribution >= 0.6 is 0 Å². The van der Waals surface area contributed by atoms with Gasteiger partial charge in [0.1, 0.15) is 0 Å². The monoisotopic (exact) mass is 254 g/mol. The van der Waals surface area contributed by atoms with E-state index >= 15 is 0 Å². The van der Waals surface area contributed by atoms with Crippen molar-refractivity contribution < 1.29 is 4.79 Å². The summed E-state index contributed by atoms with van der Waals surface area (Å²) in [6.45, 7) is 5.91. The molecule has 0 radical (unpaired) electrons. The molecule has 98 valence electrons. The van der Waals surface area contributed by atoms with E-state index in [2.05, 4.69) is 5.32 Å². The third kappa shape index (κ3) is 2.76. The van der Waals surface area contributed by atoms with Gasteiger partial charge in [-0.05, 0) is 61.7 Å². The Kier molecular flexibility index (Phi) is 3.56. The zero-order valence-electron chi connectivity index (χ0n) is 11.4. The molecule has 19 heavy (non-hydrogen) atoms. The van der Waals surface area contributed by atoms with E-state index in [1.54, 1.807) is 18.2 Å². The number of hydrogen-bond donors (Lipinski definition) is 2. The molecular formula is C16H18N2O. The standard InChI is InChI=1S/C16H18N2O/c1-10-5-4-6-15(12(10)3)18-16(19)14-8-7-13(17)9-11(14)2/h4-9H,17H2,1-3H3,(H,18,19). The third-order valence-electron chi connectivity index (χ3n) is 3.35. The van der Waals surface area contributed by atoms with Crippen molar-refractivity contribution in [2.24, 2.45) is 0 Å². The summed E-state index contributed by atoms with van der Waals surface area (Å²) < 4.78 is 0. The quantitative estimate of drug-likeness (QED) is 0.806. The molecule has 0 saturated heterocycles. The largest absolute Gasteiger partial charge is 0.399 e. The maximum Gasteiger partial charge on any atom is 0.255 e. The summed E-state index contributed by atoms with van der Waals surface area (Å²) >= 11 is 0. The number of carbonyl (C=O) groups excluding carboxylic acids is 1. The zero-order chi connectivity index (χ0) is 14.0. The van der Waals surface area contributed by atoms with Crippen LogP contribution in [0.15, 0.2) is 36.4 Å². The van der Waals surface area contributed by atoms with Gasteiger partial charge in [-0.1, -0.05) is 12.1 Å². The molecule has 1 amide bonds. The lowest BCUT2D eigenvalue weighted by molar-refractivity contribution is 0.102. The second-order valence-corrected chi connectivity index (χ2v) is 4.78. The Bertz CT molecular complexity index is 633. The highest BCUT2D eigenvalue weighted by Gasteiger charge is 2.11. The van der Waals surface area contributed by atoms with E-state index in [9.17, 15) is 4.79 Å². The van der Waals surface area contributed by atoms with Crippen molar-refractivity contribution in [3.05, 3.63) is 58.7 Å². The van der Waals surface area contributed by atoms with Crippen molar-refractivity contribution in [3.8, 4) is 0 Å². The van der Waals surface area contributed by atoms with Crippen molar-refractivity contribution in [1.29, 1.82) is 0 Å². The first-order valence-corrected chi connectivity index (χ1v) is 6.22. The Hall–Kier alpha value is -2.29. The Morgan fingerprint density at radius 2 is 1.79 bits per heavy atom. The second-order valence-electron chi connectivity index (χ2n) is 4.78. The molecule has 0 atom stereocenters. The highest BCUT2D eigenvalue weighted by molar-refractivity contribution is 6.05. The van der Waals surface area contributed by atoms with Gasteiger partial charge in [0, 0.05) is 16.9 Å². The summed E-state index contributed by atoms with van der Waals surface area (Å²) in [5, 5.41) is 2.95. The lowest BCUT2D eigenvalue weighted by Crippen LogP contribution is -2.14. The summed E-state index contributed by atoms with van der Waals surface area (Å²) in [5.41, 5.74) is 11.0. The van der Waals surface area contributed by atoms with Gasteiger partial charge < -0.3 is 11.1 Å². The van der Waals surface area contributed by atoms with E-state index in [0.29, 0.717) is 11.3 Å². The number of anilines is 2. The van der Waals surface area contributed by atoms with E-state index in [0.717, 1.165) is 22.4 Å². The first kappa shape index (κ1) is 13.1. The van der Waals surface area contributed by atoms with Gasteiger partial charge in [0.05, 0.1) is 0 Å². The highest BCUT2D eigenvalue weighted by Crippen LogP contribution is 2.20. The Morgan fingerprint density at radius 3 is 2.47 bits per heavy atom. The molecule has 2 aromatic carbocycles. The van der Waals surface area contributed by atoms with Crippen LogP contribution in [0.25, 0.3) is 0 Å². The number of benzene rings is 2. The number of rotatable bonds is 2. The second kappa shape index (κ2) is 5.14. The third-order valence-corrected chi connectivity index (χ3v) is 3.35. The van der Waals surface area contributed by atoms with Crippen molar-refractivity contribution in [1.82, 2.24) is 0 Å². The highest BCUT2D eigenvalue weighted by atomic mass is 16.1. The zero-order valence-corrected chi connectivity index (χ0v) is 11.4. The van der Waals surface area contributed by atoms with Gasteiger partial charge in [-0.3, -0.25) is 4.79 Å². The molecule has 0 bridgehead atoms. The maximum atomic E-state index is 12.3.